The molecular weight excluding hydrogens is 362 g/mol. The van der Waals surface area contributed by atoms with E-state index < -0.39 is 11.6 Å². The average molecular weight is 381 g/mol. The lowest BCUT2D eigenvalue weighted by atomic mass is 9.92. The van der Waals surface area contributed by atoms with E-state index in [2.05, 4.69) is 11.4 Å². The molecule has 0 radical (unpaired) electrons. The van der Waals surface area contributed by atoms with Crippen molar-refractivity contribution in [1.82, 2.24) is 10.2 Å². The highest BCUT2D eigenvalue weighted by molar-refractivity contribution is 6.07. The van der Waals surface area contributed by atoms with Gasteiger partial charge in [0.05, 0.1) is 18.2 Å². The second kappa shape index (κ2) is 7.25. The molecule has 0 spiro atoms. The first kappa shape index (κ1) is 18.5. The van der Waals surface area contributed by atoms with E-state index in [1.807, 2.05) is 72.8 Å². The standard InChI is InChI=1S/C24H19N3O2/c1-24(20-8-3-2-4-9-20)22(28)27(23(29)26-24)16-17-11-13-18(14-12-17)21-10-6-5-7-19(21)15-25/h2-14H,16H2,1H3,(H,26,29)/t24-/m1/s1. The molecule has 4 rings (SSSR count). The molecule has 0 aromatic heterocycles. The quantitative estimate of drug-likeness (QED) is 0.689. The van der Waals surface area contributed by atoms with Crippen molar-refractivity contribution in [3.63, 3.8) is 0 Å². The molecule has 29 heavy (non-hydrogen) atoms. The Morgan fingerprint density at radius 3 is 2.28 bits per heavy atom. The Bertz CT molecular complexity index is 1120. The fourth-order valence-corrected chi connectivity index (χ4v) is 3.61. The van der Waals surface area contributed by atoms with Crippen LogP contribution in [-0.2, 0) is 16.9 Å². The number of carbonyl (C=O) groups excluding carboxylic acids is 2. The van der Waals surface area contributed by atoms with Gasteiger partial charge >= 0.3 is 6.03 Å². The van der Waals surface area contributed by atoms with Crippen LogP contribution < -0.4 is 5.32 Å². The molecule has 1 saturated heterocycles. The molecule has 1 heterocycles. The third-order valence-electron chi connectivity index (χ3n) is 5.28. The molecule has 0 unspecified atom stereocenters. The van der Waals surface area contributed by atoms with Crippen LogP contribution >= 0.6 is 0 Å². The fourth-order valence-electron chi connectivity index (χ4n) is 3.61. The summed E-state index contributed by atoms with van der Waals surface area (Å²) >= 11 is 0. The maximum atomic E-state index is 13.0. The van der Waals surface area contributed by atoms with E-state index in [4.69, 9.17) is 0 Å². The molecule has 0 bridgehead atoms. The Balaban J connectivity index is 1.56. The number of nitrogens with one attached hydrogen (secondary N) is 1. The van der Waals surface area contributed by atoms with Gasteiger partial charge in [-0.25, -0.2) is 4.79 Å². The minimum atomic E-state index is -1.07. The van der Waals surface area contributed by atoms with E-state index >= 15 is 0 Å². The second-order valence-electron chi connectivity index (χ2n) is 7.17. The first-order valence-corrected chi connectivity index (χ1v) is 9.31. The van der Waals surface area contributed by atoms with Gasteiger partial charge in [-0.3, -0.25) is 9.69 Å². The van der Waals surface area contributed by atoms with E-state index in [1.54, 1.807) is 13.0 Å². The molecule has 3 aromatic rings. The SMILES string of the molecule is C[C@]1(c2ccccc2)NC(=O)N(Cc2ccc(-c3ccccc3C#N)cc2)C1=O. The highest BCUT2D eigenvalue weighted by Crippen LogP contribution is 2.30. The van der Waals surface area contributed by atoms with Crippen LogP contribution in [0.15, 0.2) is 78.9 Å². The van der Waals surface area contributed by atoms with Gasteiger partial charge in [-0.15, -0.1) is 0 Å². The predicted molar refractivity (Wildman–Crippen MR) is 109 cm³/mol. The van der Waals surface area contributed by atoms with Gasteiger partial charge in [0.1, 0.15) is 5.54 Å². The lowest BCUT2D eigenvalue weighted by Crippen LogP contribution is -2.40. The largest absolute Gasteiger partial charge is 0.325 e. The third kappa shape index (κ3) is 3.26. The number of imide groups is 1. The third-order valence-corrected chi connectivity index (χ3v) is 5.28. The molecule has 0 aliphatic carbocycles. The van der Waals surface area contributed by atoms with Crippen molar-refractivity contribution in [2.45, 2.75) is 19.0 Å². The van der Waals surface area contributed by atoms with Crippen LogP contribution in [0.1, 0.15) is 23.6 Å². The highest BCUT2D eigenvalue weighted by atomic mass is 16.2. The predicted octanol–water partition coefficient (Wildman–Crippen LogP) is 4.19. The molecule has 142 valence electrons. The summed E-state index contributed by atoms with van der Waals surface area (Å²) in [5, 5.41) is 12.1. The smallest absolute Gasteiger partial charge is 0.319 e. The van der Waals surface area contributed by atoms with E-state index in [-0.39, 0.29) is 12.5 Å². The van der Waals surface area contributed by atoms with Gasteiger partial charge in [0.15, 0.2) is 0 Å². The number of hydrogen-bond acceptors (Lipinski definition) is 3. The van der Waals surface area contributed by atoms with E-state index in [0.717, 1.165) is 22.3 Å². The summed E-state index contributed by atoms with van der Waals surface area (Å²) in [5.74, 6) is -0.271. The fraction of sp³-hybridized carbons (Fsp3) is 0.125. The number of nitrogens with zero attached hydrogens (tertiary/aromatic N) is 2. The van der Waals surface area contributed by atoms with E-state index in [0.29, 0.717) is 5.56 Å². The van der Waals surface area contributed by atoms with Crippen LogP contribution in [0.3, 0.4) is 0 Å². The van der Waals surface area contributed by atoms with Crippen molar-refractivity contribution in [1.29, 1.82) is 5.26 Å². The number of carbonyl (C=O) groups is 2. The van der Waals surface area contributed by atoms with Crippen LogP contribution in [0.4, 0.5) is 4.79 Å². The van der Waals surface area contributed by atoms with Crippen LogP contribution in [0.2, 0.25) is 0 Å². The molecule has 1 aliphatic heterocycles. The van der Waals surface area contributed by atoms with Crippen LogP contribution in [-0.4, -0.2) is 16.8 Å². The summed E-state index contributed by atoms with van der Waals surface area (Å²) in [6.45, 7) is 1.91. The molecule has 5 heteroatoms. The van der Waals surface area contributed by atoms with Gasteiger partial charge in [-0.05, 0) is 35.2 Å². The Labute approximate surface area is 169 Å². The minimum Gasteiger partial charge on any atom is -0.319 e. The lowest BCUT2D eigenvalue weighted by Gasteiger charge is -2.22. The zero-order valence-electron chi connectivity index (χ0n) is 15.9. The molecule has 1 N–H and O–H groups in total. The summed E-state index contributed by atoms with van der Waals surface area (Å²) in [7, 11) is 0. The summed E-state index contributed by atoms with van der Waals surface area (Å²) < 4.78 is 0. The number of rotatable bonds is 4. The van der Waals surface area contributed by atoms with Gasteiger partial charge in [-0.2, -0.15) is 5.26 Å². The number of nitriles is 1. The number of hydrogen-bond donors (Lipinski definition) is 1. The first-order chi connectivity index (χ1) is 14.0. The maximum Gasteiger partial charge on any atom is 0.325 e. The van der Waals surface area contributed by atoms with E-state index in [9.17, 15) is 14.9 Å². The Morgan fingerprint density at radius 1 is 0.931 bits per heavy atom. The maximum absolute atomic E-state index is 13.0. The Morgan fingerprint density at radius 2 is 1.59 bits per heavy atom. The number of benzene rings is 3. The first-order valence-electron chi connectivity index (χ1n) is 9.31. The van der Waals surface area contributed by atoms with Crippen LogP contribution in [0.25, 0.3) is 11.1 Å². The number of amides is 3. The Kier molecular flexibility index (Phi) is 4.61. The molecule has 1 atom stereocenters. The Hall–Kier alpha value is -3.91. The summed E-state index contributed by atoms with van der Waals surface area (Å²) in [5.41, 5.74) is 2.90. The zero-order valence-corrected chi connectivity index (χ0v) is 15.9. The topological polar surface area (TPSA) is 73.2 Å². The summed E-state index contributed by atoms with van der Waals surface area (Å²) in [4.78, 5) is 26.8. The minimum absolute atomic E-state index is 0.188. The van der Waals surface area contributed by atoms with Crippen molar-refractivity contribution < 1.29 is 9.59 Å². The molecule has 3 aromatic carbocycles. The van der Waals surface area contributed by atoms with Crippen molar-refractivity contribution in [3.8, 4) is 17.2 Å². The molecule has 5 nitrogen and oxygen atoms in total. The van der Waals surface area contributed by atoms with Crippen molar-refractivity contribution in [2.75, 3.05) is 0 Å². The van der Waals surface area contributed by atoms with Gasteiger partial charge in [0.25, 0.3) is 5.91 Å². The van der Waals surface area contributed by atoms with Gasteiger partial charge in [0.2, 0.25) is 0 Å². The summed E-state index contributed by atoms with van der Waals surface area (Å²) in [6.07, 6.45) is 0. The molecule has 0 saturated carbocycles. The van der Waals surface area contributed by atoms with Crippen LogP contribution in [0, 0.1) is 11.3 Å². The van der Waals surface area contributed by atoms with Crippen molar-refractivity contribution in [3.05, 3.63) is 95.6 Å². The van der Waals surface area contributed by atoms with Gasteiger partial charge < -0.3 is 5.32 Å². The van der Waals surface area contributed by atoms with Gasteiger partial charge in [0, 0.05) is 0 Å². The second-order valence-corrected chi connectivity index (χ2v) is 7.17. The van der Waals surface area contributed by atoms with Crippen molar-refractivity contribution >= 4 is 11.9 Å². The molecule has 3 amide bonds. The molecule has 1 fully saturated rings. The number of urea groups is 1. The normalized spacial score (nSPS) is 18.4. The summed E-state index contributed by atoms with van der Waals surface area (Å²) in [6, 6.07) is 26.0. The monoisotopic (exact) mass is 381 g/mol. The molecular formula is C24H19N3O2. The van der Waals surface area contributed by atoms with Gasteiger partial charge in [-0.1, -0.05) is 72.8 Å². The average Bonchev–Trinajstić information content (AvgIpc) is 2.99. The van der Waals surface area contributed by atoms with Crippen molar-refractivity contribution in [2.24, 2.45) is 0 Å². The highest BCUT2D eigenvalue weighted by Gasteiger charge is 2.48. The van der Waals surface area contributed by atoms with E-state index in [1.165, 1.54) is 4.90 Å². The molecule has 1 aliphatic rings. The zero-order chi connectivity index (χ0) is 20.4. The van der Waals surface area contributed by atoms with Crippen LogP contribution in [0.5, 0.6) is 0 Å². The lowest BCUT2D eigenvalue weighted by molar-refractivity contribution is -0.131.